The molecule has 1 heterocycles. The molecule has 3 heteroatoms. The summed E-state index contributed by atoms with van der Waals surface area (Å²) in [6.45, 7) is 3.88. The van der Waals surface area contributed by atoms with Gasteiger partial charge < -0.3 is 14.6 Å². The highest BCUT2D eigenvalue weighted by atomic mass is 16.6. The van der Waals surface area contributed by atoms with Crippen molar-refractivity contribution in [3.63, 3.8) is 0 Å². The van der Waals surface area contributed by atoms with Crippen LogP contribution in [0.3, 0.4) is 0 Å². The highest BCUT2D eigenvalue weighted by molar-refractivity contribution is 5.75. The Kier molecular flexibility index (Phi) is 10.8. The number of epoxide rings is 1. The van der Waals surface area contributed by atoms with E-state index in [0.717, 1.165) is 38.5 Å². The van der Waals surface area contributed by atoms with E-state index in [0.29, 0.717) is 18.0 Å². The van der Waals surface area contributed by atoms with Crippen molar-refractivity contribution in [3.05, 3.63) is 0 Å². The Morgan fingerprint density at radius 3 is 2.41 bits per heavy atom. The van der Waals surface area contributed by atoms with E-state index in [-0.39, 0.29) is 6.10 Å². The Morgan fingerprint density at radius 1 is 1.00 bits per heavy atom. The van der Waals surface area contributed by atoms with Crippen LogP contribution < -0.4 is 0 Å². The summed E-state index contributed by atoms with van der Waals surface area (Å²) < 4.78 is 5.67. The van der Waals surface area contributed by atoms with Crippen LogP contribution in [0.25, 0.3) is 0 Å². The van der Waals surface area contributed by atoms with Gasteiger partial charge in [0.2, 0.25) is 0 Å². The van der Waals surface area contributed by atoms with E-state index in [4.69, 9.17) is 4.74 Å². The van der Waals surface area contributed by atoms with E-state index < -0.39 is 0 Å². The summed E-state index contributed by atoms with van der Waals surface area (Å²) >= 11 is 0. The summed E-state index contributed by atoms with van der Waals surface area (Å²) in [6, 6.07) is 0. The van der Waals surface area contributed by atoms with Crippen molar-refractivity contribution < 1.29 is 14.6 Å². The Hall–Kier alpha value is -0.410. The number of hydrogen-bond donors (Lipinski definition) is 1. The van der Waals surface area contributed by atoms with Gasteiger partial charge >= 0.3 is 0 Å². The lowest BCUT2D eigenvalue weighted by molar-refractivity contribution is -0.117. The van der Waals surface area contributed by atoms with Gasteiger partial charge in [-0.05, 0) is 26.2 Å². The molecule has 3 unspecified atom stereocenters. The molecular formula is C19H36O3. The van der Waals surface area contributed by atoms with E-state index in [2.05, 4.69) is 6.92 Å². The lowest BCUT2D eigenvalue weighted by atomic mass is 10.0. The highest BCUT2D eigenvalue weighted by Gasteiger charge is 2.38. The predicted molar refractivity (Wildman–Crippen MR) is 91.0 cm³/mol. The Morgan fingerprint density at radius 2 is 1.68 bits per heavy atom. The van der Waals surface area contributed by atoms with Crippen molar-refractivity contribution in [1.82, 2.24) is 0 Å². The lowest BCUT2D eigenvalue weighted by Crippen LogP contribution is -2.11. The van der Waals surface area contributed by atoms with Crippen molar-refractivity contribution in [1.29, 1.82) is 0 Å². The molecule has 1 rings (SSSR count). The molecule has 1 aliphatic rings. The fourth-order valence-electron chi connectivity index (χ4n) is 3.08. The van der Waals surface area contributed by atoms with Gasteiger partial charge in [0, 0.05) is 12.8 Å². The van der Waals surface area contributed by atoms with E-state index >= 15 is 0 Å². The van der Waals surface area contributed by atoms with Crippen molar-refractivity contribution in [2.24, 2.45) is 0 Å². The van der Waals surface area contributed by atoms with Crippen LogP contribution in [0.2, 0.25) is 0 Å². The molecule has 0 radical (unpaired) electrons. The first-order chi connectivity index (χ1) is 10.6. The number of aliphatic hydroxyl groups is 1. The van der Waals surface area contributed by atoms with Crippen LogP contribution in [0, 0.1) is 0 Å². The van der Waals surface area contributed by atoms with Gasteiger partial charge in [-0.1, -0.05) is 58.3 Å². The average molecular weight is 312 g/mol. The molecule has 0 aliphatic carbocycles. The van der Waals surface area contributed by atoms with Gasteiger partial charge in [0.15, 0.2) is 0 Å². The van der Waals surface area contributed by atoms with Crippen molar-refractivity contribution in [2.75, 3.05) is 0 Å². The van der Waals surface area contributed by atoms with Crippen LogP contribution in [0.15, 0.2) is 0 Å². The molecule has 1 aliphatic heterocycles. The first kappa shape index (κ1) is 19.6. The summed E-state index contributed by atoms with van der Waals surface area (Å²) in [5, 5.41) is 9.98. The number of rotatable bonds is 15. The SMILES string of the molecule is CCCCCCC(O)CC1OC1CCCCCCCC(C)=O. The van der Waals surface area contributed by atoms with E-state index in [1.807, 2.05) is 0 Å². The molecule has 0 bridgehead atoms. The van der Waals surface area contributed by atoms with Crippen LogP contribution in [0.4, 0.5) is 0 Å². The second-order valence-electron chi connectivity index (χ2n) is 6.96. The number of aliphatic hydroxyl groups excluding tert-OH is 1. The van der Waals surface area contributed by atoms with Crippen molar-refractivity contribution in [3.8, 4) is 0 Å². The number of unbranched alkanes of at least 4 members (excludes halogenated alkanes) is 7. The zero-order valence-corrected chi connectivity index (χ0v) is 14.7. The van der Waals surface area contributed by atoms with Gasteiger partial charge in [-0.15, -0.1) is 0 Å². The third-order valence-corrected chi connectivity index (χ3v) is 4.60. The summed E-state index contributed by atoms with van der Waals surface area (Å²) in [4.78, 5) is 10.8. The molecule has 22 heavy (non-hydrogen) atoms. The number of ether oxygens (including phenoxy) is 1. The molecule has 3 nitrogen and oxygen atoms in total. The monoisotopic (exact) mass is 312 g/mol. The number of hydrogen-bond acceptors (Lipinski definition) is 3. The Bertz CT molecular complexity index is 290. The number of carbonyl (C=O) groups is 1. The van der Waals surface area contributed by atoms with Crippen molar-refractivity contribution in [2.45, 2.75) is 116 Å². The van der Waals surface area contributed by atoms with E-state index in [9.17, 15) is 9.90 Å². The second kappa shape index (κ2) is 12.1. The minimum atomic E-state index is -0.168. The topological polar surface area (TPSA) is 49.8 Å². The van der Waals surface area contributed by atoms with E-state index in [1.54, 1.807) is 6.92 Å². The summed E-state index contributed by atoms with van der Waals surface area (Å²) in [7, 11) is 0. The van der Waals surface area contributed by atoms with Crippen LogP contribution in [0.1, 0.15) is 97.3 Å². The molecule has 0 aromatic heterocycles. The zero-order chi connectivity index (χ0) is 16.2. The summed E-state index contributed by atoms with van der Waals surface area (Å²) in [5.41, 5.74) is 0. The van der Waals surface area contributed by atoms with Gasteiger partial charge in [0.05, 0.1) is 18.3 Å². The van der Waals surface area contributed by atoms with Crippen LogP contribution in [0.5, 0.6) is 0 Å². The van der Waals surface area contributed by atoms with Gasteiger partial charge in [0.1, 0.15) is 5.78 Å². The van der Waals surface area contributed by atoms with Crippen LogP contribution >= 0.6 is 0 Å². The summed E-state index contributed by atoms with van der Waals surface area (Å²) in [6.07, 6.45) is 15.0. The molecule has 0 spiro atoms. The maximum Gasteiger partial charge on any atom is 0.129 e. The normalized spacial score (nSPS) is 21.8. The lowest BCUT2D eigenvalue weighted by Gasteiger charge is -2.08. The Balaban J connectivity index is 1.86. The summed E-state index contributed by atoms with van der Waals surface area (Å²) in [5.74, 6) is 0.308. The van der Waals surface area contributed by atoms with Crippen LogP contribution in [-0.4, -0.2) is 29.2 Å². The first-order valence-corrected chi connectivity index (χ1v) is 9.46. The fourth-order valence-corrected chi connectivity index (χ4v) is 3.08. The molecule has 0 amide bonds. The molecule has 1 fully saturated rings. The molecule has 0 aromatic carbocycles. The second-order valence-corrected chi connectivity index (χ2v) is 6.96. The molecule has 1 saturated heterocycles. The molecule has 0 saturated carbocycles. The minimum absolute atomic E-state index is 0.168. The number of carbonyl (C=O) groups excluding carboxylic acids is 1. The zero-order valence-electron chi connectivity index (χ0n) is 14.7. The van der Waals surface area contributed by atoms with E-state index in [1.165, 1.54) is 44.9 Å². The number of Topliss-reactive ketones (excluding diaryl/α,β-unsaturated/α-hetero) is 1. The smallest absolute Gasteiger partial charge is 0.129 e. The van der Waals surface area contributed by atoms with Gasteiger partial charge in [-0.3, -0.25) is 0 Å². The maximum absolute atomic E-state index is 10.8. The molecule has 130 valence electrons. The quantitative estimate of drug-likeness (QED) is 0.349. The molecule has 1 N–H and O–H groups in total. The maximum atomic E-state index is 10.8. The van der Waals surface area contributed by atoms with Crippen LogP contribution in [-0.2, 0) is 9.53 Å². The third-order valence-electron chi connectivity index (χ3n) is 4.60. The number of ketones is 1. The Labute approximate surface area is 136 Å². The van der Waals surface area contributed by atoms with Gasteiger partial charge in [-0.25, -0.2) is 0 Å². The fraction of sp³-hybridized carbons (Fsp3) is 0.947. The van der Waals surface area contributed by atoms with Gasteiger partial charge in [-0.2, -0.15) is 0 Å². The van der Waals surface area contributed by atoms with Gasteiger partial charge in [0.25, 0.3) is 0 Å². The predicted octanol–water partition coefficient (Wildman–Crippen LogP) is 4.79. The average Bonchev–Trinajstić information content (AvgIpc) is 3.20. The van der Waals surface area contributed by atoms with Crippen molar-refractivity contribution >= 4 is 5.78 Å². The molecular weight excluding hydrogens is 276 g/mol. The molecule has 3 atom stereocenters. The molecule has 0 aromatic rings. The standard InChI is InChI=1S/C19H36O3/c1-3-4-5-10-13-17(21)15-19-18(22-19)14-11-8-6-7-9-12-16(2)20/h17-19,21H,3-15H2,1-2H3. The first-order valence-electron chi connectivity index (χ1n) is 9.46. The largest absolute Gasteiger partial charge is 0.393 e. The minimum Gasteiger partial charge on any atom is -0.393 e. The highest BCUT2D eigenvalue weighted by Crippen LogP contribution is 2.32. The third kappa shape index (κ3) is 10.3.